The van der Waals surface area contributed by atoms with E-state index in [1.165, 1.54) is 15.5 Å². The zero-order valence-electron chi connectivity index (χ0n) is 20.4. The van der Waals surface area contributed by atoms with Crippen molar-refractivity contribution in [1.82, 2.24) is 27.9 Å². The van der Waals surface area contributed by atoms with Crippen molar-refractivity contribution >= 4 is 21.2 Å². The maximum Gasteiger partial charge on any atom is 0.332 e. The van der Waals surface area contributed by atoms with Gasteiger partial charge in [0.25, 0.3) is 5.56 Å². The lowest BCUT2D eigenvalue weighted by Crippen LogP contribution is -2.49. The van der Waals surface area contributed by atoms with E-state index >= 15 is 0 Å². The Morgan fingerprint density at radius 3 is 2.18 bits per heavy atom. The molecule has 3 aromatic rings. The van der Waals surface area contributed by atoms with Gasteiger partial charge in [0, 0.05) is 46.8 Å². The summed E-state index contributed by atoms with van der Waals surface area (Å²) in [6.07, 6.45) is 2.14. The van der Waals surface area contributed by atoms with Crippen molar-refractivity contribution < 1.29 is 8.42 Å². The number of rotatable bonds is 6. The molecule has 1 fully saturated rings. The highest BCUT2D eigenvalue weighted by atomic mass is 32.2. The van der Waals surface area contributed by atoms with Gasteiger partial charge in [-0.1, -0.05) is 17.7 Å². The first kappa shape index (κ1) is 24.4. The summed E-state index contributed by atoms with van der Waals surface area (Å²) >= 11 is 0. The number of nitrogens with zero attached hydrogens (tertiary/aromatic N) is 6. The number of fused-ring (bicyclic) bond motifs is 1. The number of aromatic nitrogens is 4. The highest BCUT2D eigenvalue weighted by molar-refractivity contribution is 7.89. The van der Waals surface area contributed by atoms with Crippen LogP contribution in [0, 0.1) is 20.8 Å². The zero-order valence-corrected chi connectivity index (χ0v) is 21.2. The molecule has 11 heteroatoms. The third-order valence-corrected chi connectivity index (χ3v) is 8.80. The summed E-state index contributed by atoms with van der Waals surface area (Å²) in [7, 11) is -0.203. The molecule has 0 spiro atoms. The molecule has 0 aliphatic carbocycles. The Bertz CT molecular complexity index is 1440. The molecule has 1 aliphatic heterocycles. The summed E-state index contributed by atoms with van der Waals surface area (Å²) in [6, 6.07) is 3.82. The monoisotopic (exact) mass is 488 g/mol. The molecule has 2 aromatic heterocycles. The molecule has 4 rings (SSSR count). The highest BCUT2D eigenvalue weighted by Gasteiger charge is 2.30. The second-order valence-electron chi connectivity index (χ2n) is 9.15. The van der Waals surface area contributed by atoms with Crippen molar-refractivity contribution in [3.63, 3.8) is 0 Å². The van der Waals surface area contributed by atoms with E-state index in [9.17, 15) is 18.0 Å². The zero-order chi connectivity index (χ0) is 24.8. The number of sulfonamides is 1. The Kier molecular flexibility index (Phi) is 6.54. The van der Waals surface area contributed by atoms with Crippen LogP contribution < -0.4 is 11.2 Å². The van der Waals surface area contributed by atoms with Gasteiger partial charge in [-0.15, -0.1) is 0 Å². The van der Waals surface area contributed by atoms with Gasteiger partial charge in [0.1, 0.15) is 0 Å². The number of hydrogen-bond acceptors (Lipinski definition) is 6. The number of benzene rings is 1. The molecular weight excluding hydrogens is 456 g/mol. The van der Waals surface area contributed by atoms with E-state index < -0.39 is 10.0 Å². The lowest BCUT2D eigenvalue weighted by Gasteiger charge is -2.34. The van der Waals surface area contributed by atoms with Gasteiger partial charge in [0.15, 0.2) is 11.2 Å². The first-order chi connectivity index (χ1) is 16.0. The van der Waals surface area contributed by atoms with Gasteiger partial charge in [-0.2, -0.15) is 4.31 Å². The van der Waals surface area contributed by atoms with Crippen molar-refractivity contribution in [1.29, 1.82) is 0 Å². The van der Waals surface area contributed by atoms with Gasteiger partial charge in [-0.05, 0) is 44.9 Å². The number of hydrogen-bond donors (Lipinski definition) is 0. The minimum Gasteiger partial charge on any atom is -0.328 e. The fourth-order valence-electron chi connectivity index (χ4n) is 4.94. The van der Waals surface area contributed by atoms with Crippen molar-refractivity contribution in [3.05, 3.63) is 56.0 Å². The van der Waals surface area contributed by atoms with E-state index in [0.29, 0.717) is 61.7 Å². The second kappa shape index (κ2) is 9.12. The average molecular weight is 489 g/mol. The Hall–Kier alpha value is -2.76. The molecule has 184 valence electrons. The third-order valence-electron chi connectivity index (χ3n) is 6.59. The van der Waals surface area contributed by atoms with E-state index in [-0.39, 0.29) is 11.2 Å². The molecule has 1 aliphatic rings. The summed E-state index contributed by atoms with van der Waals surface area (Å²) in [6.45, 7) is 8.68. The van der Waals surface area contributed by atoms with Crippen LogP contribution in [0.2, 0.25) is 0 Å². The summed E-state index contributed by atoms with van der Waals surface area (Å²) < 4.78 is 32.4. The molecule has 10 nitrogen and oxygen atoms in total. The van der Waals surface area contributed by atoms with E-state index in [2.05, 4.69) is 9.88 Å². The fourth-order valence-corrected chi connectivity index (χ4v) is 6.78. The van der Waals surface area contributed by atoms with Gasteiger partial charge in [-0.25, -0.2) is 18.2 Å². The summed E-state index contributed by atoms with van der Waals surface area (Å²) in [5.74, 6) is 0. The molecular formula is C23H32N6O4S. The van der Waals surface area contributed by atoms with Gasteiger partial charge in [0.05, 0.1) is 11.2 Å². The van der Waals surface area contributed by atoms with Crippen molar-refractivity contribution in [2.75, 3.05) is 32.7 Å². The smallest absolute Gasteiger partial charge is 0.328 e. The minimum atomic E-state index is -3.55. The van der Waals surface area contributed by atoms with Crippen LogP contribution in [-0.4, -0.2) is 69.0 Å². The van der Waals surface area contributed by atoms with Crippen LogP contribution >= 0.6 is 0 Å². The Balaban J connectivity index is 1.40. The molecule has 1 saturated heterocycles. The number of imidazole rings is 1. The maximum absolute atomic E-state index is 13.3. The normalized spacial score (nSPS) is 15.9. The largest absolute Gasteiger partial charge is 0.332 e. The first-order valence-corrected chi connectivity index (χ1v) is 12.9. The van der Waals surface area contributed by atoms with Crippen LogP contribution in [0.3, 0.4) is 0 Å². The third kappa shape index (κ3) is 4.23. The average Bonchev–Trinajstić information content (AvgIpc) is 3.15. The molecule has 0 saturated carbocycles. The molecule has 0 N–H and O–H groups in total. The van der Waals surface area contributed by atoms with Crippen LogP contribution in [-0.2, 0) is 30.7 Å². The molecule has 3 heterocycles. The predicted molar refractivity (Wildman–Crippen MR) is 131 cm³/mol. The summed E-state index contributed by atoms with van der Waals surface area (Å²) in [4.78, 5) is 32.2. The first-order valence-electron chi connectivity index (χ1n) is 11.4. The molecule has 0 bridgehead atoms. The topological polar surface area (TPSA) is 102 Å². The Morgan fingerprint density at radius 2 is 1.56 bits per heavy atom. The summed E-state index contributed by atoms with van der Waals surface area (Å²) in [5.41, 5.74) is 2.67. The second-order valence-corrected chi connectivity index (χ2v) is 11.0. The molecule has 0 radical (unpaired) electrons. The number of aryl methyl sites for hydroxylation is 5. The van der Waals surface area contributed by atoms with E-state index in [0.717, 1.165) is 16.7 Å². The summed E-state index contributed by atoms with van der Waals surface area (Å²) in [5, 5.41) is 0. The van der Waals surface area contributed by atoms with Crippen molar-refractivity contribution in [2.24, 2.45) is 14.1 Å². The minimum absolute atomic E-state index is 0.299. The fraction of sp³-hybridized carbons (Fsp3) is 0.522. The molecule has 34 heavy (non-hydrogen) atoms. The lowest BCUT2D eigenvalue weighted by molar-refractivity contribution is 0.184. The van der Waals surface area contributed by atoms with Crippen LogP contribution in [0.15, 0.2) is 32.9 Å². The lowest BCUT2D eigenvalue weighted by atomic mass is 10.1. The molecule has 0 unspecified atom stereocenters. The van der Waals surface area contributed by atoms with Crippen molar-refractivity contribution in [2.45, 2.75) is 38.6 Å². The number of piperazine rings is 1. The highest BCUT2D eigenvalue weighted by Crippen LogP contribution is 2.26. The van der Waals surface area contributed by atoms with Crippen LogP contribution in [0.5, 0.6) is 0 Å². The van der Waals surface area contributed by atoms with Crippen LogP contribution in [0.25, 0.3) is 11.2 Å². The van der Waals surface area contributed by atoms with Gasteiger partial charge >= 0.3 is 5.69 Å². The van der Waals surface area contributed by atoms with Crippen LogP contribution in [0.4, 0.5) is 0 Å². The van der Waals surface area contributed by atoms with E-state index in [4.69, 9.17) is 0 Å². The van der Waals surface area contributed by atoms with Gasteiger partial charge in [0.2, 0.25) is 10.0 Å². The molecule has 1 aromatic carbocycles. The SMILES string of the molecule is Cc1cc(C)c(S(=O)(=O)N2CCN(CCCn3c(=O)c4c(ncn4C)n(C)c3=O)CC2)c(C)c1. The molecule has 0 amide bonds. The van der Waals surface area contributed by atoms with E-state index in [1.54, 1.807) is 23.0 Å². The Labute approximate surface area is 199 Å². The van der Waals surface area contributed by atoms with Gasteiger partial charge in [-0.3, -0.25) is 13.9 Å². The molecule has 0 atom stereocenters. The maximum atomic E-state index is 13.3. The Morgan fingerprint density at radius 1 is 0.941 bits per heavy atom. The van der Waals surface area contributed by atoms with Crippen molar-refractivity contribution in [3.8, 4) is 0 Å². The predicted octanol–water partition coefficient (Wildman–Crippen LogP) is 0.756. The standard InChI is InChI=1S/C23H32N6O4S/c1-16-13-17(2)20(18(3)14-16)34(32,33)28-11-9-27(10-12-28)7-6-8-29-22(30)19-21(24-15-25(19)4)26(5)23(29)31/h13-15H,6-12H2,1-5H3. The van der Waals surface area contributed by atoms with Gasteiger partial charge < -0.3 is 9.47 Å². The van der Waals surface area contributed by atoms with E-state index in [1.807, 2.05) is 32.9 Å². The quantitative estimate of drug-likeness (QED) is 0.508. The van der Waals surface area contributed by atoms with Crippen LogP contribution in [0.1, 0.15) is 23.1 Å².